The number of nitrogens with zero attached hydrogens (tertiary/aromatic N) is 3. The average molecular weight is 760 g/mol. The second-order valence-electron chi connectivity index (χ2n) is 11.0. The van der Waals surface area contributed by atoms with Gasteiger partial charge in [-0.2, -0.15) is 5.10 Å². The number of carbonyl (C=O) groups excluding carboxylic acids is 2. The van der Waals surface area contributed by atoms with E-state index in [0.29, 0.717) is 59.9 Å². The zero-order valence-corrected chi connectivity index (χ0v) is 29.8. The van der Waals surface area contributed by atoms with Crippen LogP contribution < -0.4 is 19.5 Å². The van der Waals surface area contributed by atoms with Gasteiger partial charge in [-0.1, -0.05) is 47.5 Å². The molecule has 52 heavy (non-hydrogen) atoms. The van der Waals surface area contributed by atoms with E-state index in [2.05, 4.69) is 15.5 Å². The van der Waals surface area contributed by atoms with Crippen molar-refractivity contribution in [2.24, 2.45) is 10.2 Å². The Balaban J connectivity index is 1.17. The highest BCUT2D eigenvalue weighted by Crippen LogP contribution is 2.36. The summed E-state index contributed by atoms with van der Waals surface area (Å²) in [5, 5.41) is 12.7. The van der Waals surface area contributed by atoms with E-state index in [4.69, 9.17) is 41.8 Å². The molecule has 2 amide bonds. The van der Waals surface area contributed by atoms with Gasteiger partial charge in [0.25, 0.3) is 11.8 Å². The summed E-state index contributed by atoms with van der Waals surface area (Å²) in [5.74, 6) is 0.771. The molecule has 0 aliphatic carbocycles. The molecule has 4 aromatic carbocycles. The Kier molecular flexibility index (Phi) is 11.9. The SMILES string of the molecule is COc1cc(/C=N\N=C2\S/C(=C\c3ccccc3OCC(=O)Nc3ccc(F)cc3)C(=O)N2Cc2ccco2)ccc1OCc1ccc(Cl)cc1Cl. The van der Waals surface area contributed by atoms with Gasteiger partial charge in [-0.25, -0.2) is 4.39 Å². The van der Waals surface area contributed by atoms with E-state index in [9.17, 15) is 14.0 Å². The van der Waals surface area contributed by atoms with E-state index >= 15 is 0 Å². The highest BCUT2D eigenvalue weighted by atomic mass is 35.5. The lowest BCUT2D eigenvalue weighted by Crippen LogP contribution is -2.28. The molecule has 0 spiro atoms. The number of amides is 2. The monoisotopic (exact) mass is 758 g/mol. The van der Waals surface area contributed by atoms with Crippen LogP contribution in [-0.4, -0.2) is 41.8 Å². The van der Waals surface area contributed by atoms with Gasteiger partial charge < -0.3 is 23.9 Å². The number of rotatable bonds is 13. The lowest BCUT2D eigenvalue weighted by Gasteiger charge is -2.13. The Labute approximate surface area is 312 Å². The van der Waals surface area contributed by atoms with Crippen LogP contribution in [0.25, 0.3) is 6.08 Å². The average Bonchev–Trinajstić information content (AvgIpc) is 3.76. The quantitative estimate of drug-likeness (QED) is 0.0725. The number of halogens is 3. The molecule has 0 bridgehead atoms. The Bertz CT molecular complexity index is 2160. The Morgan fingerprint density at radius 1 is 0.962 bits per heavy atom. The molecule has 0 radical (unpaired) electrons. The largest absolute Gasteiger partial charge is 0.493 e. The number of furan rings is 1. The molecular weight excluding hydrogens is 730 g/mol. The van der Waals surface area contributed by atoms with E-state index in [0.717, 1.165) is 17.3 Å². The minimum Gasteiger partial charge on any atom is -0.493 e. The number of carbonyl (C=O) groups is 2. The molecule has 1 aliphatic rings. The Hall–Kier alpha value is -5.56. The van der Waals surface area contributed by atoms with Gasteiger partial charge in [0, 0.05) is 26.9 Å². The van der Waals surface area contributed by atoms with Crippen LogP contribution in [0.15, 0.2) is 123 Å². The van der Waals surface area contributed by atoms with Crippen LogP contribution in [0, 0.1) is 5.82 Å². The summed E-state index contributed by atoms with van der Waals surface area (Å²) >= 11 is 13.4. The fourth-order valence-corrected chi connectivity index (χ4v) is 6.24. The molecule has 2 heterocycles. The van der Waals surface area contributed by atoms with Gasteiger partial charge in [-0.15, -0.1) is 5.10 Å². The van der Waals surface area contributed by atoms with Crippen molar-refractivity contribution in [1.82, 2.24) is 4.90 Å². The lowest BCUT2D eigenvalue weighted by atomic mass is 10.2. The fourth-order valence-electron chi connectivity index (χ4n) is 4.85. The molecule has 1 saturated heterocycles. The Morgan fingerprint density at radius 3 is 2.56 bits per heavy atom. The highest BCUT2D eigenvalue weighted by molar-refractivity contribution is 8.18. The summed E-state index contributed by atoms with van der Waals surface area (Å²) < 4.78 is 36.0. The molecule has 5 aromatic rings. The maximum Gasteiger partial charge on any atom is 0.267 e. The van der Waals surface area contributed by atoms with Gasteiger partial charge in [0.1, 0.15) is 23.9 Å². The predicted molar refractivity (Wildman–Crippen MR) is 201 cm³/mol. The van der Waals surface area contributed by atoms with Crippen LogP contribution in [0.5, 0.6) is 17.2 Å². The van der Waals surface area contributed by atoms with Crippen LogP contribution in [0.1, 0.15) is 22.5 Å². The maximum atomic E-state index is 13.7. The summed E-state index contributed by atoms with van der Waals surface area (Å²) in [6, 6.07) is 26.4. The van der Waals surface area contributed by atoms with Gasteiger partial charge >= 0.3 is 0 Å². The number of amidine groups is 1. The predicted octanol–water partition coefficient (Wildman–Crippen LogP) is 8.84. The third-order valence-corrected chi connectivity index (χ3v) is 8.99. The summed E-state index contributed by atoms with van der Waals surface area (Å²) in [6.45, 7) is 0.0342. The summed E-state index contributed by atoms with van der Waals surface area (Å²) in [7, 11) is 1.53. The van der Waals surface area contributed by atoms with Crippen molar-refractivity contribution in [1.29, 1.82) is 0 Å². The fraction of sp³-hybridized carbons (Fsp3) is 0.105. The van der Waals surface area contributed by atoms with Crippen LogP contribution in [0.4, 0.5) is 10.1 Å². The highest BCUT2D eigenvalue weighted by Gasteiger charge is 2.34. The van der Waals surface area contributed by atoms with Crippen LogP contribution >= 0.6 is 35.0 Å². The molecule has 6 rings (SSSR count). The van der Waals surface area contributed by atoms with Crippen LogP contribution in [0.2, 0.25) is 10.0 Å². The second-order valence-corrected chi connectivity index (χ2v) is 12.9. The minimum atomic E-state index is -0.431. The molecule has 0 unspecified atom stereocenters. The van der Waals surface area contributed by atoms with E-state index in [-0.39, 0.29) is 25.7 Å². The number of anilines is 1. The molecular formula is C38H29Cl2FN4O6S. The summed E-state index contributed by atoms with van der Waals surface area (Å²) in [5.41, 5.74) is 2.46. The van der Waals surface area contributed by atoms with Crippen molar-refractivity contribution in [2.75, 3.05) is 19.0 Å². The molecule has 0 atom stereocenters. The first-order chi connectivity index (χ1) is 25.2. The molecule has 1 aromatic heterocycles. The maximum absolute atomic E-state index is 13.7. The number of thioether (sulfide) groups is 1. The first-order valence-electron chi connectivity index (χ1n) is 15.6. The van der Waals surface area contributed by atoms with Crippen molar-refractivity contribution in [3.63, 3.8) is 0 Å². The number of benzene rings is 4. The zero-order chi connectivity index (χ0) is 36.5. The van der Waals surface area contributed by atoms with Crippen LogP contribution in [-0.2, 0) is 22.7 Å². The molecule has 264 valence electrons. The number of nitrogens with one attached hydrogen (secondary N) is 1. The minimum absolute atomic E-state index is 0.129. The van der Waals surface area contributed by atoms with E-state index < -0.39 is 11.7 Å². The number of ether oxygens (including phenoxy) is 3. The van der Waals surface area contributed by atoms with Gasteiger partial charge in [0.05, 0.1) is 31.0 Å². The third-order valence-electron chi connectivity index (χ3n) is 7.41. The topological polar surface area (TPSA) is 115 Å². The standard InChI is InChI=1S/C38H29Cl2FN4O6S/c1-48-34-17-24(8-15-33(34)50-22-26-9-10-27(39)19-31(26)40)20-42-44-38-45(21-30-6-4-16-49-30)37(47)35(52-38)18-25-5-2-3-7-32(25)51-23-36(46)43-29-13-11-28(41)12-14-29/h2-20H,21-23H2,1H3,(H,43,46)/b35-18-,42-20-,44-38+. The van der Waals surface area contributed by atoms with Crippen molar-refractivity contribution in [2.45, 2.75) is 13.2 Å². The summed E-state index contributed by atoms with van der Waals surface area (Å²) in [4.78, 5) is 28.0. The lowest BCUT2D eigenvalue weighted by molar-refractivity contribution is -0.122. The number of para-hydroxylation sites is 1. The van der Waals surface area contributed by atoms with Crippen LogP contribution in [0.3, 0.4) is 0 Å². The Morgan fingerprint density at radius 2 is 1.79 bits per heavy atom. The first kappa shape index (κ1) is 36.2. The molecule has 1 N–H and O–H groups in total. The van der Waals surface area contributed by atoms with Crippen molar-refractivity contribution < 1.29 is 32.6 Å². The number of hydrogen-bond acceptors (Lipinski definition) is 9. The molecule has 14 heteroatoms. The van der Waals surface area contributed by atoms with Crippen molar-refractivity contribution >= 4 is 69.9 Å². The van der Waals surface area contributed by atoms with E-state index in [1.54, 1.807) is 78.9 Å². The molecule has 1 fully saturated rings. The zero-order valence-electron chi connectivity index (χ0n) is 27.4. The van der Waals surface area contributed by atoms with Gasteiger partial charge in [0.2, 0.25) is 0 Å². The number of methoxy groups -OCH3 is 1. The molecule has 0 saturated carbocycles. The van der Waals surface area contributed by atoms with Gasteiger partial charge in [0.15, 0.2) is 23.3 Å². The van der Waals surface area contributed by atoms with E-state index in [1.165, 1.54) is 48.8 Å². The summed E-state index contributed by atoms with van der Waals surface area (Å²) in [6.07, 6.45) is 4.73. The van der Waals surface area contributed by atoms with Crippen molar-refractivity contribution in [3.05, 3.63) is 147 Å². The smallest absolute Gasteiger partial charge is 0.267 e. The van der Waals surface area contributed by atoms with Gasteiger partial charge in [-0.05, 0) is 96.2 Å². The molecule has 1 aliphatic heterocycles. The second kappa shape index (κ2) is 17.1. The number of hydrogen-bond donors (Lipinski definition) is 1. The van der Waals surface area contributed by atoms with Gasteiger partial charge in [-0.3, -0.25) is 14.5 Å². The third kappa shape index (κ3) is 9.40. The van der Waals surface area contributed by atoms with Crippen molar-refractivity contribution in [3.8, 4) is 17.2 Å². The normalized spacial score (nSPS) is 14.4. The first-order valence-corrected chi connectivity index (χ1v) is 17.2. The molecule has 10 nitrogen and oxygen atoms in total. The van der Waals surface area contributed by atoms with E-state index in [1.807, 2.05) is 0 Å².